The van der Waals surface area contributed by atoms with Crippen LogP contribution in [0, 0.1) is 0 Å². The summed E-state index contributed by atoms with van der Waals surface area (Å²) in [6, 6.07) is 33.2. The van der Waals surface area contributed by atoms with Crippen molar-refractivity contribution >= 4 is 59.5 Å². The molecule has 0 bridgehead atoms. The number of hydrogen-bond acceptors (Lipinski definition) is 7. The van der Waals surface area contributed by atoms with Gasteiger partial charge in [-0.3, -0.25) is 9.59 Å². The van der Waals surface area contributed by atoms with Gasteiger partial charge in [-0.05, 0) is 109 Å². The van der Waals surface area contributed by atoms with Crippen LogP contribution in [0.5, 0.6) is 0 Å². The minimum Gasteiger partial charge on any atom is -0.450 e. The Morgan fingerprint density at radius 3 is 1.35 bits per heavy atom. The molecule has 2 aliphatic heterocycles. The second-order valence-electron chi connectivity index (χ2n) is 17.5. The first kappa shape index (κ1) is 46.3. The zero-order valence-corrected chi connectivity index (χ0v) is 37.9. The fraction of sp³-hybridized carbons (Fsp3) is 0.333. The fourth-order valence-corrected chi connectivity index (χ4v) is 8.86. The largest absolute Gasteiger partial charge is 0.450 e. The maximum absolute atomic E-state index is 12.8. The molecule has 2 saturated heterocycles. The van der Waals surface area contributed by atoms with Crippen molar-refractivity contribution in [1.29, 1.82) is 0 Å². The highest BCUT2D eigenvalue weighted by Gasteiger charge is 2.28. The van der Waals surface area contributed by atoms with Crippen molar-refractivity contribution in [1.82, 2.24) is 20.4 Å². The summed E-state index contributed by atoms with van der Waals surface area (Å²) in [4.78, 5) is 52.6. The standard InChI is InChI=1S/C27H30N2O4.C27H30N2O3/c1-2-33-27(32)28-22(18-30)17-25(31)29-15-13-21(14-16-29)26-23-9-5-3-7-19(23)11-12-20-8-4-6-10-24(20)26;1-27(2,3)32-26(31)28-18-24(30)29-16-14-21(15-17-29)25-22-10-6-4-8-19(22)12-13-20-9-5-7-11-23(20)25/h3-12,22,30H,2,13-18H2,1H3,(H,28,32);4-13H,14-18H2,1-3H3,(H,28,31)/t22-;/m1./s1. The van der Waals surface area contributed by atoms with Gasteiger partial charge in [-0.25, -0.2) is 9.59 Å². The van der Waals surface area contributed by atoms with Gasteiger partial charge in [0.15, 0.2) is 0 Å². The Morgan fingerprint density at radius 2 is 0.985 bits per heavy atom. The minimum atomic E-state index is -0.650. The molecule has 2 fully saturated rings. The van der Waals surface area contributed by atoms with E-state index in [1.54, 1.807) is 27.7 Å². The lowest BCUT2D eigenvalue weighted by atomic mass is 9.86. The molecular formula is C54H60N4O7. The Bertz CT molecular complexity index is 2410. The Hall–Kier alpha value is -6.72. The highest BCUT2D eigenvalue weighted by molar-refractivity contribution is 5.96. The molecule has 0 spiro atoms. The third-order valence-electron chi connectivity index (χ3n) is 12.0. The Labute approximate surface area is 382 Å². The van der Waals surface area contributed by atoms with Crippen LogP contribution in [0.25, 0.3) is 35.5 Å². The van der Waals surface area contributed by atoms with Gasteiger partial charge in [0.05, 0.1) is 19.3 Å². The molecule has 11 nitrogen and oxygen atoms in total. The number of aliphatic hydroxyl groups excluding tert-OH is 1. The van der Waals surface area contributed by atoms with E-state index in [1.807, 2.05) is 9.80 Å². The number of rotatable bonds is 7. The molecule has 1 atom stereocenters. The molecule has 3 N–H and O–H groups in total. The average Bonchev–Trinajstić information content (AvgIpc) is 3.59. The molecule has 0 aromatic heterocycles. The second kappa shape index (κ2) is 21.3. The smallest absolute Gasteiger partial charge is 0.408 e. The number of benzene rings is 4. The van der Waals surface area contributed by atoms with E-state index in [-0.39, 0.29) is 38.0 Å². The van der Waals surface area contributed by atoms with Crippen molar-refractivity contribution in [2.75, 3.05) is 45.9 Å². The van der Waals surface area contributed by atoms with Crippen molar-refractivity contribution in [3.8, 4) is 0 Å². The van der Waals surface area contributed by atoms with Gasteiger partial charge < -0.3 is 35.0 Å². The zero-order valence-electron chi connectivity index (χ0n) is 37.9. The van der Waals surface area contributed by atoms with Gasteiger partial charge in [-0.15, -0.1) is 0 Å². The number of likely N-dealkylation sites (tertiary alicyclic amines) is 2. The van der Waals surface area contributed by atoms with Crippen LogP contribution in [0.1, 0.15) is 104 Å². The van der Waals surface area contributed by atoms with Gasteiger partial charge in [0, 0.05) is 32.6 Å². The van der Waals surface area contributed by atoms with E-state index in [0.717, 1.165) is 25.7 Å². The number of hydrogen-bond donors (Lipinski definition) is 3. The number of ether oxygens (including phenoxy) is 2. The molecule has 0 radical (unpaired) electrons. The summed E-state index contributed by atoms with van der Waals surface area (Å²) in [6.45, 7) is 9.51. The molecule has 4 aromatic rings. The molecule has 338 valence electrons. The molecule has 8 rings (SSSR count). The molecule has 4 aromatic carbocycles. The van der Waals surface area contributed by atoms with Crippen LogP contribution >= 0.6 is 0 Å². The van der Waals surface area contributed by atoms with E-state index < -0.39 is 23.8 Å². The van der Waals surface area contributed by atoms with E-state index in [2.05, 4.69) is 132 Å². The van der Waals surface area contributed by atoms with Crippen molar-refractivity contribution in [3.63, 3.8) is 0 Å². The molecular weight excluding hydrogens is 817 g/mol. The van der Waals surface area contributed by atoms with Gasteiger partial charge in [-0.2, -0.15) is 0 Å². The van der Waals surface area contributed by atoms with Crippen LogP contribution in [0.15, 0.2) is 108 Å². The van der Waals surface area contributed by atoms with Crippen molar-refractivity contribution in [3.05, 3.63) is 153 Å². The summed E-state index contributed by atoms with van der Waals surface area (Å²) < 4.78 is 10.1. The van der Waals surface area contributed by atoms with Crippen LogP contribution in [-0.4, -0.2) is 96.5 Å². The number of piperidine rings is 2. The number of fused-ring (bicyclic) bond motifs is 4. The van der Waals surface area contributed by atoms with Crippen LogP contribution in [0.3, 0.4) is 0 Å². The van der Waals surface area contributed by atoms with Gasteiger partial charge in [0.2, 0.25) is 11.8 Å². The first-order valence-electron chi connectivity index (χ1n) is 22.7. The minimum absolute atomic E-state index is 0.0452. The third kappa shape index (κ3) is 11.7. The monoisotopic (exact) mass is 876 g/mol. The maximum Gasteiger partial charge on any atom is 0.408 e. The zero-order chi connectivity index (χ0) is 45.9. The van der Waals surface area contributed by atoms with E-state index in [0.29, 0.717) is 26.2 Å². The maximum atomic E-state index is 12.8. The quantitative estimate of drug-likeness (QED) is 0.146. The molecule has 0 unspecified atom stereocenters. The first-order valence-corrected chi connectivity index (χ1v) is 22.7. The molecule has 4 amide bonds. The Balaban J connectivity index is 0.000000194. The number of alkyl carbamates (subject to hydrolysis) is 2. The van der Waals surface area contributed by atoms with Gasteiger partial charge in [-0.1, -0.05) is 133 Å². The topological polar surface area (TPSA) is 138 Å². The highest BCUT2D eigenvalue weighted by Crippen LogP contribution is 2.40. The van der Waals surface area contributed by atoms with E-state index in [4.69, 9.17) is 9.47 Å². The average molecular weight is 877 g/mol. The van der Waals surface area contributed by atoms with Crippen molar-refractivity contribution < 1.29 is 33.8 Å². The number of nitrogens with zero attached hydrogens (tertiary/aromatic N) is 2. The van der Waals surface area contributed by atoms with Crippen LogP contribution in [0.4, 0.5) is 9.59 Å². The molecule has 0 saturated carbocycles. The lowest BCUT2D eigenvalue weighted by Gasteiger charge is -2.31. The fourth-order valence-electron chi connectivity index (χ4n) is 8.86. The molecule has 65 heavy (non-hydrogen) atoms. The summed E-state index contributed by atoms with van der Waals surface area (Å²) in [5.74, 6) is -0.151. The van der Waals surface area contributed by atoms with Gasteiger partial charge in [0.1, 0.15) is 12.1 Å². The lowest BCUT2D eigenvalue weighted by Crippen LogP contribution is -2.44. The number of aliphatic hydroxyl groups is 1. The van der Waals surface area contributed by atoms with Crippen LogP contribution in [-0.2, 0) is 19.1 Å². The number of amides is 4. The molecule has 2 heterocycles. The van der Waals surface area contributed by atoms with Gasteiger partial charge >= 0.3 is 12.2 Å². The Morgan fingerprint density at radius 1 is 0.600 bits per heavy atom. The summed E-state index contributed by atoms with van der Waals surface area (Å²) in [7, 11) is 0. The van der Waals surface area contributed by atoms with Crippen LogP contribution in [0.2, 0.25) is 0 Å². The molecule has 11 heteroatoms. The highest BCUT2D eigenvalue weighted by atomic mass is 16.6. The number of carbonyl (C=O) groups excluding carboxylic acids is 4. The van der Waals surface area contributed by atoms with Gasteiger partial charge in [0.25, 0.3) is 0 Å². The summed E-state index contributed by atoms with van der Waals surface area (Å²) in [5, 5.41) is 14.7. The van der Waals surface area contributed by atoms with Crippen molar-refractivity contribution in [2.45, 2.75) is 71.4 Å². The van der Waals surface area contributed by atoms with E-state index >= 15 is 0 Å². The first-order chi connectivity index (χ1) is 31.4. The molecule has 2 aliphatic carbocycles. The van der Waals surface area contributed by atoms with Crippen LogP contribution < -0.4 is 10.6 Å². The van der Waals surface area contributed by atoms with Crippen molar-refractivity contribution in [2.24, 2.45) is 0 Å². The normalized spacial score (nSPS) is 15.7. The number of nitrogens with one attached hydrogen (secondary N) is 2. The summed E-state index contributed by atoms with van der Waals surface area (Å²) in [5.41, 5.74) is 14.5. The molecule has 4 aliphatic rings. The van der Waals surface area contributed by atoms with E-state index in [9.17, 15) is 24.3 Å². The second-order valence-corrected chi connectivity index (χ2v) is 17.5. The third-order valence-corrected chi connectivity index (χ3v) is 12.0. The number of carbonyl (C=O) groups is 4. The lowest BCUT2D eigenvalue weighted by molar-refractivity contribution is -0.132. The predicted octanol–water partition coefficient (Wildman–Crippen LogP) is 9.21. The SMILES string of the molecule is CC(C)(C)OC(=O)NCC(=O)N1CCC(=C2c3ccccc3C=Cc3ccccc32)CC1.CCOC(=O)N[C@@H](CO)CC(=O)N1CCC(=C2c3ccccc3C=Cc3ccccc32)CC1. The summed E-state index contributed by atoms with van der Waals surface area (Å²) >= 11 is 0. The predicted molar refractivity (Wildman–Crippen MR) is 257 cm³/mol. The Kier molecular flexibility index (Phi) is 15.2. The summed E-state index contributed by atoms with van der Waals surface area (Å²) in [6.07, 6.45) is 10.8. The van der Waals surface area contributed by atoms with E-state index in [1.165, 1.54) is 66.8 Å².